The predicted octanol–water partition coefficient (Wildman–Crippen LogP) is 1.51. The fraction of sp³-hybridized carbons (Fsp3) is 0.833. The summed E-state index contributed by atoms with van der Waals surface area (Å²) in [7, 11) is 3.45. The van der Waals surface area contributed by atoms with E-state index in [2.05, 4.69) is 7.05 Å². The largest absolute Gasteiger partial charge is 0.454 e. The summed E-state index contributed by atoms with van der Waals surface area (Å²) in [4.78, 5) is 1.42. The lowest BCUT2D eigenvalue weighted by molar-refractivity contribution is -0.0526. The first kappa shape index (κ1) is 6.93. The lowest BCUT2D eigenvalue weighted by atomic mass is 10.1. The standard InChI is InChI=1S/C6H10F2N/c1-9-4-2-3-6(7,8)5-9/h1-5H2/q-1. The Kier molecular flexibility index (Phi) is 1.70. The average Bonchev–Trinajstić information content (AvgIpc) is 1.60. The molecule has 9 heavy (non-hydrogen) atoms. The molecule has 0 aliphatic carbocycles. The molecule has 0 N–H and O–H groups in total. The Hall–Kier alpha value is -0.180. The van der Waals surface area contributed by atoms with E-state index in [0.717, 1.165) is 0 Å². The zero-order valence-electron chi connectivity index (χ0n) is 5.24. The van der Waals surface area contributed by atoms with Gasteiger partial charge in [0.05, 0.1) is 0 Å². The van der Waals surface area contributed by atoms with Gasteiger partial charge in [0, 0.05) is 13.0 Å². The number of hydrogen-bond acceptors (Lipinski definition) is 1. The highest BCUT2D eigenvalue weighted by atomic mass is 19.3. The molecule has 0 unspecified atom stereocenters. The molecule has 1 saturated heterocycles. The van der Waals surface area contributed by atoms with Crippen LogP contribution in [0.5, 0.6) is 0 Å². The Labute approximate surface area is 53.6 Å². The van der Waals surface area contributed by atoms with Crippen LogP contribution in [0.3, 0.4) is 0 Å². The molecule has 0 bridgehead atoms. The van der Waals surface area contributed by atoms with Crippen LogP contribution in [-0.2, 0) is 0 Å². The summed E-state index contributed by atoms with van der Waals surface area (Å²) >= 11 is 0. The second kappa shape index (κ2) is 2.21. The van der Waals surface area contributed by atoms with Crippen molar-refractivity contribution in [2.75, 3.05) is 13.1 Å². The van der Waals surface area contributed by atoms with Crippen LogP contribution in [0.4, 0.5) is 8.78 Å². The fourth-order valence-electron chi connectivity index (χ4n) is 1.05. The number of piperidine rings is 1. The van der Waals surface area contributed by atoms with Crippen molar-refractivity contribution in [1.29, 1.82) is 0 Å². The summed E-state index contributed by atoms with van der Waals surface area (Å²) in [5, 5.41) is 0. The maximum absolute atomic E-state index is 12.4. The van der Waals surface area contributed by atoms with Crippen LogP contribution < -0.4 is 0 Å². The van der Waals surface area contributed by atoms with E-state index < -0.39 is 5.92 Å². The number of halogens is 2. The van der Waals surface area contributed by atoms with E-state index in [4.69, 9.17) is 0 Å². The maximum Gasteiger partial charge on any atom is 0.258 e. The van der Waals surface area contributed by atoms with Crippen molar-refractivity contribution >= 4 is 0 Å². The summed E-state index contributed by atoms with van der Waals surface area (Å²) < 4.78 is 24.7. The Balaban J connectivity index is 2.41. The van der Waals surface area contributed by atoms with Crippen molar-refractivity contribution in [3.8, 4) is 0 Å². The number of hydrogen-bond donors (Lipinski definition) is 0. The monoisotopic (exact) mass is 134 g/mol. The summed E-state index contributed by atoms with van der Waals surface area (Å²) in [5.41, 5.74) is 0. The van der Waals surface area contributed by atoms with Gasteiger partial charge in [-0.25, -0.2) is 8.78 Å². The molecule has 54 valence electrons. The number of rotatable bonds is 0. The summed E-state index contributed by atoms with van der Waals surface area (Å²) in [5.74, 6) is -2.49. The fourth-order valence-corrected chi connectivity index (χ4v) is 1.05. The zero-order valence-corrected chi connectivity index (χ0v) is 5.24. The van der Waals surface area contributed by atoms with Gasteiger partial charge in [0.25, 0.3) is 5.92 Å². The van der Waals surface area contributed by atoms with E-state index in [1.807, 2.05) is 0 Å². The van der Waals surface area contributed by atoms with E-state index in [1.165, 1.54) is 4.90 Å². The first-order valence-electron chi connectivity index (χ1n) is 3.03. The molecule has 0 aromatic heterocycles. The smallest absolute Gasteiger partial charge is 0.258 e. The molecule has 0 aromatic carbocycles. The molecule has 0 saturated carbocycles. The SMILES string of the molecule is [CH2-]N1CCCC(F)(F)C1. The van der Waals surface area contributed by atoms with Gasteiger partial charge in [0.2, 0.25) is 0 Å². The van der Waals surface area contributed by atoms with Crippen LogP contribution in [0, 0.1) is 7.05 Å². The Bertz CT molecular complexity index is 103. The van der Waals surface area contributed by atoms with Crippen molar-refractivity contribution in [2.24, 2.45) is 0 Å². The van der Waals surface area contributed by atoms with Crippen molar-refractivity contribution in [2.45, 2.75) is 18.8 Å². The predicted molar refractivity (Wildman–Crippen MR) is 31.1 cm³/mol. The third-order valence-corrected chi connectivity index (χ3v) is 1.47. The molecule has 0 aromatic rings. The van der Waals surface area contributed by atoms with Crippen LogP contribution >= 0.6 is 0 Å². The molecular formula is C6H10F2N-. The molecule has 1 heterocycles. The minimum absolute atomic E-state index is 0.0268. The normalized spacial score (nSPS) is 28.3. The van der Waals surface area contributed by atoms with Crippen LogP contribution in [0.2, 0.25) is 0 Å². The average molecular weight is 134 g/mol. The Morgan fingerprint density at radius 1 is 1.44 bits per heavy atom. The minimum atomic E-state index is -2.49. The van der Waals surface area contributed by atoms with Gasteiger partial charge >= 0.3 is 0 Å². The third kappa shape index (κ3) is 1.90. The second-order valence-electron chi connectivity index (χ2n) is 2.51. The van der Waals surface area contributed by atoms with Gasteiger partial charge < -0.3 is 4.90 Å². The van der Waals surface area contributed by atoms with Gasteiger partial charge in [-0.05, 0) is 13.0 Å². The van der Waals surface area contributed by atoms with E-state index in [1.54, 1.807) is 0 Å². The first-order chi connectivity index (χ1) is 4.10. The van der Waals surface area contributed by atoms with E-state index >= 15 is 0 Å². The highest BCUT2D eigenvalue weighted by Gasteiger charge is 2.30. The molecule has 1 aliphatic heterocycles. The molecule has 0 radical (unpaired) electrons. The second-order valence-corrected chi connectivity index (χ2v) is 2.51. The van der Waals surface area contributed by atoms with Crippen LogP contribution in [0.1, 0.15) is 12.8 Å². The van der Waals surface area contributed by atoms with Crippen LogP contribution in [0.15, 0.2) is 0 Å². The summed E-state index contributed by atoms with van der Waals surface area (Å²) in [6.07, 6.45) is 0.593. The minimum Gasteiger partial charge on any atom is -0.454 e. The van der Waals surface area contributed by atoms with E-state index in [0.29, 0.717) is 13.0 Å². The van der Waals surface area contributed by atoms with Gasteiger partial charge in [0.1, 0.15) is 0 Å². The quantitative estimate of drug-likeness (QED) is 0.454. The first-order valence-corrected chi connectivity index (χ1v) is 3.03. The van der Waals surface area contributed by atoms with Crippen molar-refractivity contribution in [3.05, 3.63) is 7.05 Å². The van der Waals surface area contributed by atoms with Crippen LogP contribution in [0.25, 0.3) is 0 Å². The highest BCUT2D eigenvalue weighted by molar-refractivity contribution is 4.77. The Morgan fingerprint density at radius 2 is 2.11 bits per heavy atom. The van der Waals surface area contributed by atoms with Gasteiger partial charge in [-0.2, -0.15) is 0 Å². The number of alkyl halides is 2. The molecule has 0 atom stereocenters. The summed E-state index contributed by atoms with van der Waals surface area (Å²) in [6, 6.07) is 0. The van der Waals surface area contributed by atoms with E-state index in [-0.39, 0.29) is 13.0 Å². The molecule has 3 heteroatoms. The topological polar surface area (TPSA) is 3.24 Å². The Morgan fingerprint density at radius 3 is 2.44 bits per heavy atom. The lowest BCUT2D eigenvalue weighted by Crippen LogP contribution is -2.38. The van der Waals surface area contributed by atoms with Gasteiger partial charge in [-0.1, -0.05) is 0 Å². The van der Waals surface area contributed by atoms with Crippen molar-refractivity contribution < 1.29 is 8.78 Å². The van der Waals surface area contributed by atoms with Crippen LogP contribution in [-0.4, -0.2) is 23.9 Å². The molecule has 1 rings (SSSR count). The number of nitrogens with zero attached hydrogens (tertiary/aromatic N) is 1. The number of likely N-dealkylation sites (tertiary alicyclic amines) is 1. The molecular weight excluding hydrogens is 124 g/mol. The van der Waals surface area contributed by atoms with Gasteiger partial charge in [-0.3, -0.25) is 7.05 Å². The molecule has 0 spiro atoms. The van der Waals surface area contributed by atoms with Gasteiger partial charge in [-0.15, -0.1) is 0 Å². The lowest BCUT2D eigenvalue weighted by Gasteiger charge is -2.34. The molecule has 1 fully saturated rings. The summed E-state index contributed by atoms with van der Waals surface area (Å²) in [6.45, 7) is 0.530. The highest BCUT2D eigenvalue weighted by Crippen LogP contribution is 2.25. The van der Waals surface area contributed by atoms with Crippen molar-refractivity contribution in [1.82, 2.24) is 4.90 Å². The zero-order chi connectivity index (χ0) is 6.91. The van der Waals surface area contributed by atoms with E-state index in [9.17, 15) is 8.78 Å². The third-order valence-electron chi connectivity index (χ3n) is 1.47. The van der Waals surface area contributed by atoms with Crippen molar-refractivity contribution in [3.63, 3.8) is 0 Å². The maximum atomic E-state index is 12.4. The molecule has 0 amide bonds. The van der Waals surface area contributed by atoms with Gasteiger partial charge in [0.15, 0.2) is 0 Å². The molecule has 1 aliphatic rings. The molecule has 1 nitrogen and oxygen atoms in total.